The van der Waals surface area contributed by atoms with Gasteiger partial charge in [0.2, 0.25) is 5.91 Å². The number of hydrogen-bond acceptors (Lipinski definition) is 3. The number of benzene rings is 1. The molecule has 1 aliphatic heterocycles. The van der Waals surface area contributed by atoms with Crippen LogP contribution in [0, 0.1) is 0 Å². The van der Waals surface area contributed by atoms with E-state index in [1.807, 2.05) is 31.2 Å². The van der Waals surface area contributed by atoms with E-state index >= 15 is 0 Å². The lowest BCUT2D eigenvalue weighted by molar-refractivity contribution is -0.129. The van der Waals surface area contributed by atoms with Crippen molar-refractivity contribution in [2.45, 2.75) is 25.7 Å². The van der Waals surface area contributed by atoms with Gasteiger partial charge >= 0.3 is 0 Å². The van der Waals surface area contributed by atoms with Gasteiger partial charge in [-0.3, -0.25) is 9.69 Å². The van der Waals surface area contributed by atoms with Crippen LogP contribution in [-0.4, -0.2) is 26.4 Å². The second-order valence-corrected chi connectivity index (χ2v) is 4.31. The summed E-state index contributed by atoms with van der Waals surface area (Å²) >= 11 is 0. The normalized spacial score (nSPS) is 27.1. The second kappa shape index (κ2) is 4.13. The van der Waals surface area contributed by atoms with Crippen molar-refractivity contribution in [2.75, 3.05) is 19.1 Å². The molecule has 0 radical (unpaired) electrons. The summed E-state index contributed by atoms with van der Waals surface area (Å²) in [6.07, 6.45) is -0.428. The lowest BCUT2D eigenvalue weighted by Gasteiger charge is -2.32. The van der Waals surface area contributed by atoms with E-state index in [1.54, 1.807) is 19.1 Å². The van der Waals surface area contributed by atoms with Crippen molar-refractivity contribution in [3.05, 3.63) is 29.8 Å². The van der Waals surface area contributed by atoms with Crippen molar-refractivity contribution in [1.29, 1.82) is 0 Å². The van der Waals surface area contributed by atoms with Crippen LogP contribution in [0.2, 0.25) is 0 Å². The van der Waals surface area contributed by atoms with Crippen LogP contribution in [0.4, 0.5) is 5.69 Å². The van der Waals surface area contributed by atoms with Crippen LogP contribution in [0.3, 0.4) is 0 Å². The van der Waals surface area contributed by atoms with Gasteiger partial charge in [-0.05, 0) is 13.0 Å². The Balaban J connectivity index is 2.62. The first-order chi connectivity index (χ1) is 8.06. The summed E-state index contributed by atoms with van der Waals surface area (Å²) in [7, 11) is 3.22. The highest BCUT2D eigenvalue weighted by Crippen LogP contribution is 2.45. The third-order valence-corrected chi connectivity index (χ3v) is 3.39. The van der Waals surface area contributed by atoms with Crippen molar-refractivity contribution in [2.24, 2.45) is 0 Å². The van der Waals surface area contributed by atoms with E-state index in [-0.39, 0.29) is 5.91 Å². The monoisotopic (exact) mass is 235 g/mol. The van der Waals surface area contributed by atoms with E-state index in [1.165, 1.54) is 6.92 Å². The molecule has 92 valence electrons. The van der Waals surface area contributed by atoms with Crippen LogP contribution in [-0.2, 0) is 19.9 Å². The lowest BCUT2D eigenvalue weighted by Crippen LogP contribution is -2.47. The minimum absolute atomic E-state index is 0.0509. The number of nitrogens with zero attached hydrogens (tertiary/aromatic N) is 1. The third kappa shape index (κ3) is 1.56. The largest absolute Gasteiger partial charge is 0.369 e. The summed E-state index contributed by atoms with van der Waals surface area (Å²) in [6.45, 7) is 3.47. The average molecular weight is 235 g/mol. The van der Waals surface area contributed by atoms with Crippen LogP contribution in [0.15, 0.2) is 24.3 Å². The summed E-state index contributed by atoms with van der Waals surface area (Å²) in [4.78, 5) is 13.4. The van der Waals surface area contributed by atoms with Gasteiger partial charge in [0.1, 0.15) is 5.60 Å². The molecule has 2 rings (SSSR count). The molecule has 1 aromatic carbocycles. The number of amides is 1. The molecular formula is C13H17NO3. The van der Waals surface area contributed by atoms with Gasteiger partial charge in [-0.15, -0.1) is 0 Å². The fourth-order valence-electron chi connectivity index (χ4n) is 2.48. The number of carbonyl (C=O) groups is 1. The fourth-order valence-corrected chi connectivity index (χ4v) is 2.48. The zero-order valence-corrected chi connectivity index (χ0v) is 10.6. The van der Waals surface area contributed by atoms with Crippen molar-refractivity contribution < 1.29 is 14.3 Å². The molecule has 0 saturated carbocycles. The van der Waals surface area contributed by atoms with Crippen LogP contribution >= 0.6 is 0 Å². The molecule has 0 fully saturated rings. The molecule has 0 saturated heterocycles. The van der Waals surface area contributed by atoms with Crippen molar-refractivity contribution in [1.82, 2.24) is 0 Å². The number of ether oxygens (including phenoxy) is 2. The van der Waals surface area contributed by atoms with E-state index in [2.05, 4.69) is 0 Å². The molecule has 17 heavy (non-hydrogen) atoms. The Kier molecular flexibility index (Phi) is 2.93. The van der Waals surface area contributed by atoms with Gasteiger partial charge in [-0.1, -0.05) is 18.2 Å². The summed E-state index contributed by atoms with van der Waals surface area (Å²) in [5, 5.41) is 0. The number of fused-ring (bicyclic) bond motifs is 1. The molecule has 0 aromatic heterocycles. The van der Waals surface area contributed by atoms with E-state index < -0.39 is 11.8 Å². The standard InChI is InChI=1S/C13H17NO3/c1-9(15)14-11-8-6-5-7-10(11)13(2,17-4)12(14)16-3/h5-8,12H,1-4H3. The molecule has 1 aromatic rings. The predicted octanol–water partition coefficient (Wildman–Crippen LogP) is 1.89. The molecule has 1 aliphatic rings. The molecule has 2 unspecified atom stereocenters. The molecular weight excluding hydrogens is 218 g/mol. The second-order valence-electron chi connectivity index (χ2n) is 4.31. The Morgan fingerprint density at radius 2 is 2.00 bits per heavy atom. The zero-order valence-electron chi connectivity index (χ0n) is 10.6. The van der Waals surface area contributed by atoms with Gasteiger partial charge in [0, 0.05) is 26.7 Å². The number of para-hydroxylation sites is 1. The van der Waals surface area contributed by atoms with E-state index in [9.17, 15) is 4.79 Å². The Morgan fingerprint density at radius 1 is 1.35 bits per heavy atom. The van der Waals surface area contributed by atoms with Crippen molar-refractivity contribution >= 4 is 11.6 Å². The van der Waals surface area contributed by atoms with Gasteiger partial charge in [-0.2, -0.15) is 0 Å². The van der Waals surface area contributed by atoms with Crippen LogP contribution in [0.1, 0.15) is 19.4 Å². The first kappa shape index (κ1) is 12.1. The van der Waals surface area contributed by atoms with E-state index in [0.29, 0.717) is 0 Å². The van der Waals surface area contributed by atoms with Crippen LogP contribution < -0.4 is 4.90 Å². The van der Waals surface area contributed by atoms with Gasteiger partial charge in [0.25, 0.3) is 0 Å². The maximum absolute atomic E-state index is 11.8. The van der Waals surface area contributed by atoms with E-state index in [4.69, 9.17) is 9.47 Å². The van der Waals surface area contributed by atoms with Gasteiger partial charge in [0.05, 0.1) is 5.69 Å². The van der Waals surface area contributed by atoms with Crippen molar-refractivity contribution in [3.8, 4) is 0 Å². The van der Waals surface area contributed by atoms with Crippen LogP contribution in [0.5, 0.6) is 0 Å². The first-order valence-corrected chi connectivity index (χ1v) is 5.53. The SMILES string of the molecule is COC1N(C(C)=O)c2ccccc2C1(C)OC. The Hall–Kier alpha value is -1.39. The predicted molar refractivity (Wildman–Crippen MR) is 64.8 cm³/mol. The Labute approximate surface area is 101 Å². The summed E-state index contributed by atoms with van der Waals surface area (Å²) in [5.41, 5.74) is 1.21. The van der Waals surface area contributed by atoms with Crippen molar-refractivity contribution in [3.63, 3.8) is 0 Å². The number of hydrogen-bond donors (Lipinski definition) is 0. The smallest absolute Gasteiger partial charge is 0.226 e. The molecule has 0 spiro atoms. The zero-order chi connectivity index (χ0) is 12.6. The molecule has 0 bridgehead atoms. The molecule has 0 N–H and O–H groups in total. The minimum atomic E-state index is -0.628. The maximum Gasteiger partial charge on any atom is 0.226 e. The number of methoxy groups -OCH3 is 2. The Bertz CT molecular complexity index is 446. The number of rotatable bonds is 2. The molecule has 1 amide bonds. The molecule has 2 atom stereocenters. The molecule has 0 aliphatic carbocycles. The highest BCUT2D eigenvalue weighted by molar-refractivity contribution is 5.95. The topological polar surface area (TPSA) is 38.8 Å². The van der Waals surface area contributed by atoms with Gasteiger partial charge in [-0.25, -0.2) is 0 Å². The molecule has 4 heteroatoms. The highest BCUT2D eigenvalue weighted by Gasteiger charge is 2.50. The summed E-state index contributed by atoms with van der Waals surface area (Å²) in [5.74, 6) is -0.0509. The van der Waals surface area contributed by atoms with Gasteiger partial charge < -0.3 is 9.47 Å². The average Bonchev–Trinajstić information content (AvgIpc) is 2.60. The quantitative estimate of drug-likeness (QED) is 0.785. The fraction of sp³-hybridized carbons (Fsp3) is 0.462. The summed E-state index contributed by atoms with van der Waals surface area (Å²) < 4.78 is 11.0. The maximum atomic E-state index is 11.8. The Morgan fingerprint density at radius 3 is 2.53 bits per heavy atom. The number of carbonyl (C=O) groups excluding carboxylic acids is 1. The first-order valence-electron chi connectivity index (χ1n) is 5.53. The highest BCUT2D eigenvalue weighted by atomic mass is 16.6. The number of anilines is 1. The van der Waals surface area contributed by atoms with Crippen LogP contribution in [0.25, 0.3) is 0 Å². The summed E-state index contributed by atoms with van der Waals surface area (Å²) in [6, 6.07) is 7.72. The van der Waals surface area contributed by atoms with Gasteiger partial charge in [0.15, 0.2) is 6.23 Å². The molecule has 4 nitrogen and oxygen atoms in total. The van der Waals surface area contributed by atoms with E-state index in [0.717, 1.165) is 11.3 Å². The lowest BCUT2D eigenvalue weighted by atomic mass is 9.97. The minimum Gasteiger partial charge on any atom is -0.369 e. The molecule has 1 heterocycles. The third-order valence-electron chi connectivity index (χ3n) is 3.39.